The Balaban J connectivity index is 2.63. The Morgan fingerprint density at radius 3 is 1.28 bits per heavy atom. The van der Waals surface area contributed by atoms with Crippen molar-refractivity contribution >= 4 is 0 Å². The third-order valence-corrected chi connectivity index (χ3v) is 3.27. The van der Waals surface area contributed by atoms with Crippen LogP contribution in [-0.2, 0) is 5.41 Å². The number of halogens is 3. The van der Waals surface area contributed by atoms with Gasteiger partial charge in [0.05, 0.1) is 0 Å². The fraction of sp³-hybridized carbons (Fsp3) is 0.200. The van der Waals surface area contributed by atoms with E-state index in [-0.39, 0.29) is 11.1 Å². The molecule has 3 heteroatoms. The number of benzene rings is 2. The summed E-state index contributed by atoms with van der Waals surface area (Å²) < 4.78 is 40.4. The van der Waals surface area contributed by atoms with E-state index in [4.69, 9.17) is 0 Å². The van der Waals surface area contributed by atoms with Crippen molar-refractivity contribution in [3.05, 3.63) is 71.8 Å². The van der Waals surface area contributed by atoms with Gasteiger partial charge in [0.15, 0.2) is 0 Å². The van der Waals surface area contributed by atoms with Gasteiger partial charge in [-0.2, -0.15) is 13.2 Å². The molecule has 0 aromatic heterocycles. The summed E-state index contributed by atoms with van der Waals surface area (Å²) in [7, 11) is 0. The van der Waals surface area contributed by atoms with Crippen LogP contribution in [0.25, 0.3) is 0 Å². The zero-order chi connectivity index (χ0) is 13.2. The maximum Gasteiger partial charge on any atom is 0.402 e. The normalized spacial score (nSPS) is 12.4. The largest absolute Gasteiger partial charge is 0.402 e. The standard InChI is InChI=1S/C15H13F3/c1-14(15(16,17)18,12-8-4-2-5-9-12)13-10-6-3-7-11-13/h2-11H,1H3. The van der Waals surface area contributed by atoms with Gasteiger partial charge in [0.25, 0.3) is 0 Å². The van der Waals surface area contributed by atoms with E-state index in [1.54, 1.807) is 36.4 Å². The topological polar surface area (TPSA) is 0 Å². The van der Waals surface area contributed by atoms with E-state index in [1.807, 2.05) is 0 Å². The second kappa shape index (κ2) is 4.48. The molecule has 0 aliphatic rings. The molecule has 0 bridgehead atoms. The van der Waals surface area contributed by atoms with Gasteiger partial charge in [-0.3, -0.25) is 0 Å². The third kappa shape index (κ3) is 2.01. The van der Waals surface area contributed by atoms with Gasteiger partial charge in [0.1, 0.15) is 5.41 Å². The van der Waals surface area contributed by atoms with Crippen molar-refractivity contribution in [2.75, 3.05) is 0 Å². The van der Waals surface area contributed by atoms with E-state index in [9.17, 15) is 13.2 Å². The smallest absolute Gasteiger partial charge is 0.170 e. The van der Waals surface area contributed by atoms with E-state index in [0.717, 1.165) is 0 Å². The first-order valence-corrected chi connectivity index (χ1v) is 5.64. The average molecular weight is 250 g/mol. The molecule has 2 aromatic carbocycles. The summed E-state index contributed by atoms with van der Waals surface area (Å²) in [4.78, 5) is 0. The molecule has 0 heterocycles. The summed E-state index contributed by atoms with van der Waals surface area (Å²) >= 11 is 0. The molecular formula is C15H13F3. The lowest BCUT2D eigenvalue weighted by Gasteiger charge is -2.33. The maximum atomic E-state index is 13.5. The summed E-state index contributed by atoms with van der Waals surface area (Å²) in [5.74, 6) is 0. The van der Waals surface area contributed by atoms with Crippen molar-refractivity contribution in [2.45, 2.75) is 18.5 Å². The highest BCUT2D eigenvalue weighted by atomic mass is 19.4. The lowest BCUT2D eigenvalue weighted by molar-refractivity contribution is -0.173. The molecule has 0 atom stereocenters. The first-order valence-electron chi connectivity index (χ1n) is 5.64. The van der Waals surface area contributed by atoms with Crippen LogP contribution in [0.3, 0.4) is 0 Å². The minimum absolute atomic E-state index is 0.253. The van der Waals surface area contributed by atoms with Crippen LogP contribution < -0.4 is 0 Å². The fourth-order valence-corrected chi connectivity index (χ4v) is 2.04. The van der Waals surface area contributed by atoms with Crippen LogP contribution >= 0.6 is 0 Å². The predicted octanol–water partition coefficient (Wildman–Crippen LogP) is 4.55. The van der Waals surface area contributed by atoms with Gasteiger partial charge in [0, 0.05) is 0 Å². The van der Waals surface area contributed by atoms with E-state index in [0.29, 0.717) is 0 Å². The maximum absolute atomic E-state index is 13.5. The molecule has 0 unspecified atom stereocenters. The number of rotatable bonds is 2. The van der Waals surface area contributed by atoms with Crippen molar-refractivity contribution in [3.63, 3.8) is 0 Å². The summed E-state index contributed by atoms with van der Waals surface area (Å²) in [6.07, 6.45) is -4.34. The molecule has 0 amide bonds. The molecule has 0 N–H and O–H groups in total. The van der Waals surface area contributed by atoms with Crippen LogP contribution in [0.15, 0.2) is 60.7 Å². The van der Waals surface area contributed by atoms with Crippen LogP contribution in [0.5, 0.6) is 0 Å². The second-order valence-corrected chi connectivity index (χ2v) is 4.35. The second-order valence-electron chi connectivity index (χ2n) is 4.35. The Kier molecular flexibility index (Phi) is 3.16. The van der Waals surface area contributed by atoms with Crippen molar-refractivity contribution in [1.82, 2.24) is 0 Å². The number of hydrogen-bond donors (Lipinski definition) is 0. The first kappa shape index (κ1) is 12.7. The SMILES string of the molecule is CC(c1ccccc1)(c1ccccc1)C(F)(F)F. The molecule has 2 rings (SSSR count). The molecule has 94 valence electrons. The van der Waals surface area contributed by atoms with Gasteiger partial charge in [-0.25, -0.2) is 0 Å². The van der Waals surface area contributed by atoms with Crippen molar-refractivity contribution in [2.24, 2.45) is 0 Å². The van der Waals surface area contributed by atoms with Gasteiger partial charge in [-0.1, -0.05) is 60.7 Å². The molecule has 0 radical (unpaired) electrons. The van der Waals surface area contributed by atoms with Gasteiger partial charge >= 0.3 is 6.18 Å². The summed E-state index contributed by atoms with van der Waals surface area (Å²) in [6.45, 7) is 1.22. The Morgan fingerprint density at radius 2 is 1.00 bits per heavy atom. The molecule has 0 saturated carbocycles. The molecule has 2 aromatic rings. The van der Waals surface area contributed by atoms with E-state index in [1.165, 1.54) is 31.2 Å². The van der Waals surface area contributed by atoms with E-state index in [2.05, 4.69) is 0 Å². The molecule has 18 heavy (non-hydrogen) atoms. The van der Waals surface area contributed by atoms with Crippen LogP contribution in [0, 0.1) is 0 Å². The van der Waals surface area contributed by atoms with Crippen LogP contribution in [0.4, 0.5) is 13.2 Å². The summed E-state index contributed by atoms with van der Waals surface area (Å²) in [5, 5.41) is 0. The minimum atomic E-state index is -4.34. The monoisotopic (exact) mass is 250 g/mol. The first-order chi connectivity index (χ1) is 8.46. The van der Waals surface area contributed by atoms with Crippen LogP contribution in [-0.4, -0.2) is 6.18 Å². The van der Waals surface area contributed by atoms with E-state index < -0.39 is 11.6 Å². The summed E-state index contributed by atoms with van der Waals surface area (Å²) in [6, 6.07) is 16.0. The van der Waals surface area contributed by atoms with E-state index >= 15 is 0 Å². The predicted molar refractivity (Wildman–Crippen MR) is 65.4 cm³/mol. The Bertz CT molecular complexity index is 461. The van der Waals surface area contributed by atoms with Crippen molar-refractivity contribution in [1.29, 1.82) is 0 Å². The molecular weight excluding hydrogens is 237 g/mol. The highest BCUT2D eigenvalue weighted by Gasteiger charge is 2.53. The van der Waals surface area contributed by atoms with Crippen molar-refractivity contribution < 1.29 is 13.2 Å². The third-order valence-electron chi connectivity index (χ3n) is 3.27. The minimum Gasteiger partial charge on any atom is -0.170 e. The Hall–Kier alpha value is -1.77. The molecule has 0 saturated heterocycles. The van der Waals surface area contributed by atoms with Gasteiger partial charge < -0.3 is 0 Å². The highest BCUT2D eigenvalue weighted by Crippen LogP contribution is 2.45. The fourth-order valence-electron chi connectivity index (χ4n) is 2.04. The van der Waals surface area contributed by atoms with Crippen LogP contribution in [0.2, 0.25) is 0 Å². The lowest BCUT2D eigenvalue weighted by Crippen LogP contribution is -2.40. The molecule has 0 aliphatic carbocycles. The number of hydrogen-bond acceptors (Lipinski definition) is 0. The number of alkyl halides is 3. The zero-order valence-corrected chi connectivity index (χ0v) is 9.91. The van der Waals surface area contributed by atoms with Crippen molar-refractivity contribution in [3.8, 4) is 0 Å². The lowest BCUT2D eigenvalue weighted by atomic mass is 9.75. The zero-order valence-electron chi connectivity index (χ0n) is 9.91. The Labute approximate surface area is 104 Å². The van der Waals surface area contributed by atoms with Crippen LogP contribution in [0.1, 0.15) is 18.1 Å². The van der Waals surface area contributed by atoms with Gasteiger partial charge in [0.2, 0.25) is 0 Å². The van der Waals surface area contributed by atoms with Gasteiger partial charge in [-0.05, 0) is 18.1 Å². The molecule has 0 fully saturated rings. The van der Waals surface area contributed by atoms with Gasteiger partial charge in [-0.15, -0.1) is 0 Å². The Morgan fingerprint density at radius 1 is 0.667 bits per heavy atom. The molecule has 0 aliphatic heterocycles. The highest BCUT2D eigenvalue weighted by molar-refractivity contribution is 5.40. The average Bonchev–Trinajstić information content (AvgIpc) is 2.38. The summed E-state index contributed by atoms with van der Waals surface area (Å²) in [5.41, 5.74) is -1.47. The molecule has 0 spiro atoms. The molecule has 0 nitrogen and oxygen atoms in total. The quantitative estimate of drug-likeness (QED) is 0.733.